The first-order chi connectivity index (χ1) is 12.6. The van der Waals surface area contributed by atoms with E-state index >= 15 is 0 Å². The van der Waals surface area contributed by atoms with Crippen LogP contribution in [-0.4, -0.2) is 22.3 Å². The van der Waals surface area contributed by atoms with Crippen molar-refractivity contribution in [3.05, 3.63) is 58.1 Å². The molecule has 3 N–H and O–H groups in total. The SMILES string of the molecule is O=C(NN=Cc1cc(C2CCCCC2)cc(Cl)c1O)c1ccccc1O. The standard InChI is InChI=1S/C20H21ClN2O3/c21-17-11-14(13-6-2-1-3-7-13)10-15(19(17)25)12-22-23-20(26)16-8-4-5-9-18(16)24/h4-5,8-13,24-25H,1-3,6-7H2,(H,23,26). The van der Waals surface area contributed by atoms with Gasteiger partial charge < -0.3 is 10.2 Å². The number of carbonyl (C=O) groups excluding carboxylic acids is 1. The molecule has 5 nitrogen and oxygen atoms in total. The van der Waals surface area contributed by atoms with Crippen molar-refractivity contribution in [3.8, 4) is 11.5 Å². The lowest BCUT2D eigenvalue weighted by molar-refractivity contribution is 0.0952. The van der Waals surface area contributed by atoms with Gasteiger partial charge in [0.15, 0.2) is 0 Å². The molecule has 1 fully saturated rings. The van der Waals surface area contributed by atoms with Crippen molar-refractivity contribution in [3.63, 3.8) is 0 Å². The molecule has 0 heterocycles. The molecule has 26 heavy (non-hydrogen) atoms. The summed E-state index contributed by atoms with van der Waals surface area (Å²) in [5, 5.41) is 24.0. The van der Waals surface area contributed by atoms with E-state index in [1.54, 1.807) is 12.1 Å². The number of amides is 1. The summed E-state index contributed by atoms with van der Waals surface area (Å²) in [7, 11) is 0. The van der Waals surface area contributed by atoms with Crippen LogP contribution >= 0.6 is 11.6 Å². The van der Waals surface area contributed by atoms with Crippen LogP contribution in [0.2, 0.25) is 5.02 Å². The molecule has 1 aliphatic rings. The first-order valence-electron chi connectivity index (χ1n) is 8.70. The van der Waals surface area contributed by atoms with Gasteiger partial charge in [-0.2, -0.15) is 5.10 Å². The third-order valence-corrected chi connectivity index (χ3v) is 5.00. The van der Waals surface area contributed by atoms with Gasteiger partial charge in [0, 0.05) is 5.56 Å². The summed E-state index contributed by atoms with van der Waals surface area (Å²) < 4.78 is 0. The molecule has 0 spiro atoms. The Balaban J connectivity index is 1.76. The maximum atomic E-state index is 12.0. The number of hydrogen-bond donors (Lipinski definition) is 3. The Kier molecular flexibility index (Phi) is 5.78. The van der Waals surface area contributed by atoms with Gasteiger partial charge >= 0.3 is 0 Å². The van der Waals surface area contributed by atoms with Crippen LogP contribution in [0.5, 0.6) is 11.5 Å². The first kappa shape index (κ1) is 18.3. The number of hydrazone groups is 1. The van der Waals surface area contributed by atoms with E-state index in [2.05, 4.69) is 10.5 Å². The van der Waals surface area contributed by atoms with Crippen molar-refractivity contribution < 1.29 is 15.0 Å². The Morgan fingerprint density at radius 1 is 1.15 bits per heavy atom. The molecule has 3 rings (SSSR count). The van der Waals surface area contributed by atoms with Crippen molar-refractivity contribution in [2.24, 2.45) is 5.10 Å². The molecule has 0 saturated heterocycles. The molecule has 136 valence electrons. The molecule has 0 aliphatic heterocycles. The van der Waals surface area contributed by atoms with Gasteiger partial charge in [0.1, 0.15) is 11.5 Å². The first-order valence-corrected chi connectivity index (χ1v) is 9.08. The Morgan fingerprint density at radius 3 is 2.62 bits per heavy atom. The Morgan fingerprint density at radius 2 is 1.88 bits per heavy atom. The molecule has 2 aromatic rings. The van der Waals surface area contributed by atoms with Gasteiger partial charge in [0.05, 0.1) is 16.8 Å². The van der Waals surface area contributed by atoms with E-state index in [0.717, 1.165) is 18.4 Å². The fraction of sp³-hybridized carbons (Fsp3) is 0.300. The zero-order valence-corrected chi connectivity index (χ0v) is 15.0. The lowest BCUT2D eigenvalue weighted by Crippen LogP contribution is -2.17. The number of aromatic hydroxyl groups is 2. The largest absolute Gasteiger partial charge is 0.507 e. The monoisotopic (exact) mass is 372 g/mol. The van der Waals surface area contributed by atoms with Crippen molar-refractivity contribution >= 4 is 23.7 Å². The average Bonchev–Trinajstić information content (AvgIpc) is 2.66. The van der Waals surface area contributed by atoms with E-state index in [1.165, 1.54) is 37.6 Å². The summed E-state index contributed by atoms with van der Waals surface area (Å²) >= 11 is 6.16. The van der Waals surface area contributed by atoms with E-state index in [1.807, 2.05) is 12.1 Å². The minimum atomic E-state index is -0.534. The number of para-hydroxylation sites is 1. The predicted molar refractivity (Wildman–Crippen MR) is 102 cm³/mol. The molecule has 1 saturated carbocycles. The number of rotatable bonds is 4. The Labute approximate surface area is 157 Å². The van der Waals surface area contributed by atoms with Crippen molar-refractivity contribution in [2.75, 3.05) is 0 Å². The molecule has 0 atom stereocenters. The van der Waals surface area contributed by atoms with Gasteiger partial charge in [-0.25, -0.2) is 5.43 Å². The highest BCUT2D eigenvalue weighted by molar-refractivity contribution is 6.32. The molecule has 0 unspecified atom stereocenters. The molecule has 6 heteroatoms. The van der Waals surface area contributed by atoms with Gasteiger partial charge in [0.25, 0.3) is 5.91 Å². The number of nitrogens with zero attached hydrogens (tertiary/aromatic N) is 1. The van der Waals surface area contributed by atoms with Gasteiger partial charge in [-0.3, -0.25) is 4.79 Å². The van der Waals surface area contributed by atoms with Crippen LogP contribution in [0.1, 0.15) is 59.5 Å². The van der Waals surface area contributed by atoms with Crippen LogP contribution < -0.4 is 5.43 Å². The normalized spacial score (nSPS) is 15.3. The third-order valence-electron chi connectivity index (χ3n) is 4.71. The fourth-order valence-electron chi connectivity index (χ4n) is 3.30. The molecular formula is C20H21ClN2O3. The molecule has 0 aromatic heterocycles. The van der Waals surface area contributed by atoms with E-state index in [-0.39, 0.29) is 22.1 Å². The van der Waals surface area contributed by atoms with Gasteiger partial charge in [-0.05, 0) is 48.6 Å². The summed E-state index contributed by atoms with van der Waals surface area (Å²) in [6, 6.07) is 9.89. The third kappa shape index (κ3) is 4.17. The predicted octanol–water partition coefficient (Wildman–Crippen LogP) is 4.56. The highest BCUT2D eigenvalue weighted by Gasteiger charge is 2.18. The van der Waals surface area contributed by atoms with Crippen LogP contribution in [0, 0.1) is 0 Å². The molecule has 2 aromatic carbocycles. The number of benzene rings is 2. The lowest BCUT2D eigenvalue weighted by Gasteiger charge is -2.22. The highest BCUT2D eigenvalue weighted by Crippen LogP contribution is 2.37. The van der Waals surface area contributed by atoms with Gasteiger partial charge in [0.2, 0.25) is 0 Å². The van der Waals surface area contributed by atoms with Gasteiger partial charge in [-0.15, -0.1) is 0 Å². The Bertz CT molecular complexity index is 830. The number of phenols is 2. The Hall–Kier alpha value is -2.53. The van der Waals surface area contributed by atoms with Crippen LogP contribution in [0.15, 0.2) is 41.5 Å². The van der Waals surface area contributed by atoms with E-state index in [0.29, 0.717) is 11.5 Å². The van der Waals surface area contributed by atoms with Crippen LogP contribution in [0.25, 0.3) is 0 Å². The molecule has 1 amide bonds. The maximum Gasteiger partial charge on any atom is 0.275 e. The van der Waals surface area contributed by atoms with Crippen molar-refractivity contribution in [2.45, 2.75) is 38.0 Å². The number of phenolic OH excluding ortho intramolecular Hbond substituents is 2. The number of hydrogen-bond acceptors (Lipinski definition) is 4. The van der Waals surface area contributed by atoms with Crippen LogP contribution in [-0.2, 0) is 0 Å². The van der Waals surface area contributed by atoms with E-state index in [9.17, 15) is 15.0 Å². The summed E-state index contributed by atoms with van der Waals surface area (Å²) in [6.45, 7) is 0. The molecule has 0 radical (unpaired) electrons. The maximum absolute atomic E-state index is 12.0. The van der Waals surface area contributed by atoms with Crippen LogP contribution in [0.4, 0.5) is 0 Å². The zero-order chi connectivity index (χ0) is 18.5. The van der Waals surface area contributed by atoms with E-state index in [4.69, 9.17) is 11.6 Å². The second kappa shape index (κ2) is 8.23. The van der Waals surface area contributed by atoms with Crippen LogP contribution in [0.3, 0.4) is 0 Å². The summed E-state index contributed by atoms with van der Waals surface area (Å²) in [5.41, 5.74) is 4.02. The van der Waals surface area contributed by atoms with Gasteiger partial charge in [-0.1, -0.05) is 43.0 Å². The van der Waals surface area contributed by atoms with E-state index < -0.39 is 5.91 Å². The second-order valence-electron chi connectivity index (χ2n) is 6.49. The minimum absolute atomic E-state index is 0.0632. The highest BCUT2D eigenvalue weighted by atomic mass is 35.5. The van der Waals surface area contributed by atoms with Crippen molar-refractivity contribution in [1.82, 2.24) is 5.43 Å². The smallest absolute Gasteiger partial charge is 0.275 e. The molecule has 1 aliphatic carbocycles. The fourth-order valence-corrected chi connectivity index (χ4v) is 3.53. The topological polar surface area (TPSA) is 81.9 Å². The second-order valence-corrected chi connectivity index (χ2v) is 6.90. The summed E-state index contributed by atoms with van der Waals surface area (Å²) in [5.74, 6) is -0.282. The minimum Gasteiger partial charge on any atom is -0.507 e. The summed E-state index contributed by atoms with van der Waals surface area (Å²) in [6.07, 6.45) is 7.25. The molecular weight excluding hydrogens is 352 g/mol. The summed E-state index contributed by atoms with van der Waals surface area (Å²) in [4.78, 5) is 12.0. The molecule has 0 bridgehead atoms. The average molecular weight is 373 g/mol. The van der Waals surface area contributed by atoms with Crippen molar-refractivity contribution in [1.29, 1.82) is 0 Å². The quantitative estimate of drug-likeness (QED) is 0.543. The number of halogens is 1. The number of carbonyl (C=O) groups is 1. The zero-order valence-electron chi connectivity index (χ0n) is 14.3. The number of nitrogens with one attached hydrogen (secondary N) is 1. The lowest BCUT2D eigenvalue weighted by atomic mass is 9.83.